The van der Waals surface area contributed by atoms with E-state index >= 15 is 0 Å². The summed E-state index contributed by atoms with van der Waals surface area (Å²) in [6.07, 6.45) is 12.3. The Morgan fingerprint density at radius 2 is 1.85 bits per heavy atom. The van der Waals surface area contributed by atoms with Gasteiger partial charge < -0.3 is 5.11 Å². The first kappa shape index (κ1) is 11.9. The number of carboxylic acids is 1. The van der Waals surface area contributed by atoms with Gasteiger partial charge in [0.15, 0.2) is 0 Å². The highest BCUT2D eigenvalue weighted by Crippen LogP contribution is 1.96. The van der Waals surface area contributed by atoms with Crippen molar-refractivity contribution in [3.05, 3.63) is 24.3 Å². The molecule has 0 aliphatic heterocycles. The molecule has 0 bridgehead atoms. The molecule has 0 fully saturated rings. The van der Waals surface area contributed by atoms with Gasteiger partial charge in [-0.1, -0.05) is 44.1 Å². The van der Waals surface area contributed by atoms with E-state index in [0.29, 0.717) is 6.42 Å². The lowest BCUT2D eigenvalue weighted by molar-refractivity contribution is -0.136. The molecule has 0 unspecified atom stereocenters. The molecule has 13 heavy (non-hydrogen) atoms. The predicted molar refractivity (Wildman–Crippen MR) is 54.7 cm³/mol. The van der Waals surface area contributed by atoms with Gasteiger partial charge in [0, 0.05) is 6.42 Å². The SMILES string of the molecule is CCCC/C=C/C=C/CCC(=O)O. The van der Waals surface area contributed by atoms with Gasteiger partial charge in [-0.25, -0.2) is 0 Å². The fourth-order valence-corrected chi connectivity index (χ4v) is 0.878. The van der Waals surface area contributed by atoms with Crippen molar-refractivity contribution in [1.82, 2.24) is 0 Å². The Labute approximate surface area is 80.0 Å². The van der Waals surface area contributed by atoms with Gasteiger partial charge >= 0.3 is 5.97 Å². The molecule has 0 radical (unpaired) electrons. The summed E-state index contributed by atoms with van der Waals surface area (Å²) in [5.74, 6) is -0.736. The number of hydrogen-bond donors (Lipinski definition) is 1. The van der Waals surface area contributed by atoms with Crippen LogP contribution in [0.4, 0.5) is 0 Å². The van der Waals surface area contributed by atoms with Crippen LogP contribution in [0.5, 0.6) is 0 Å². The third-order valence-electron chi connectivity index (χ3n) is 1.63. The Balaban J connectivity index is 3.29. The number of allylic oxidation sites excluding steroid dienone is 4. The van der Waals surface area contributed by atoms with Crippen LogP contribution in [0.25, 0.3) is 0 Å². The molecule has 0 heterocycles. The zero-order valence-electron chi connectivity index (χ0n) is 8.20. The summed E-state index contributed by atoms with van der Waals surface area (Å²) in [6, 6.07) is 0. The fourth-order valence-electron chi connectivity index (χ4n) is 0.878. The largest absolute Gasteiger partial charge is 0.481 e. The zero-order chi connectivity index (χ0) is 9.94. The third kappa shape index (κ3) is 10.9. The lowest BCUT2D eigenvalue weighted by atomic mass is 10.2. The van der Waals surface area contributed by atoms with E-state index in [0.717, 1.165) is 6.42 Å². The number of aliphatic carboxylic acids is 1. The minimum Gasteiger partial charge on any atom is -0.481 e. The summed E-state index contributed by atoms with van der Waals surface area (Å²) < 4.78 is 0. The molecule has 74 valence electrons. The van der Waals surface area contributed by atoms with Gasteiger partial charge in [-0.2, -0.15) is 0 Å². The molecule has 0 aliphatic rings. The molecule has 2 heteroatoms. The van der Waals surface area contributed by atoms with Crippen molar-refractivity contribution in [2.24, 2.45) is 0 Å². The van der Waals surface area contributed by atoms with Crippen LogP contribution in [-0.4, -0.2) is 11.1 Å². The highest BCUT2D eigenvalue weighted by molar-refractivity contribution is 5.66. The molecule has 0 rings (SSSR count). The van der Waals surface area contributed by atoms with Crippen molar-refractivity contribution in [3.63, 3.8) is 0 Å². The smallest absolute Gasteiger partial charge is 0.303 e. The predicted octanol–water partition coefficient (Wildman–Crippen LogP) is 3.15. The fraction of sp³-hybridized carbons (Fsp3) is 0.545. The Morgan fingerprint density at radius 3 is 2.38 bits per heavy atom. The summed E-state index contributed by atoms with van der Waals surface area (Å²) in [5, 5.41) is 8.33. The van der Waals surface area contributed by atoms with Crippen LogP contribution in [0.2, 0.25) is 0 Å². The van der Waals surface area contributed by atoms with Gasteiger partial charge in [0.1, 0.15) is 0 Å². The van der Waals surface area contributed by atoms with E-state index in [2.05, 4.69) is 13.0 Å². The Bertz CT molecular complexity index is 181. The first-order valence-corrected chi connectivity index (χ1v) is 4.80. The van der Waals surface area contributed by atoms with E-state index in [1.165, 1.54) is 12.8 Å². The number of rotatable bonds is 7. The Kier molecular flexibility index (Phi) is 8.31. The summed E-state index contributed by atoms with van der Waals surface area (Å²) in [4.78, 5) is 10.1. The van der Waals surface area contributed by atoms with Gasteiger partial charge in [-0.3, -0.25) is 4.79 Å². The summed E-state index contributed by atoms with van der Waals surface area (Å²) in [6.45, 7) is 2.16. The maximum absolute atomic E-state index is 10.1. The third-order valence-corrected chi connectivity index (χ3v) is 1.63. The van der Waals surface area contributed by atoms with Crippen LogP contribution in [0.15, 0.2) is 24.3 Å². The topological polar surface area (TPSA) is 37.3 Å². The van der Waals surface area contributed by atoms with Crippen molar-refractivity contribution >= 4 is 5.97 Å². The molecule has 0 aromatic rings. The van der Waals surface area contributed by atoms with Crippen molar-refractivity contribution in [1.29, 1.82) is 0 Å². The number of hydrogen-bond acceptors (Lipinski definition) is 1. The van der Waals surface area contributed by atoms with E-state index in [1.807, 2.05) is 18.2 Å². The quantitative estimate of drug-likeness (QED) is 0.485. The number of unbranched alkanes of at least 4 members (excludes halogenated alkanes) is 2. The van der Waals surface area contributed by atoms with E-state index in [1.54, 1.807) is 0 Å². The van der Waals surface area contributed by atoms with Gasteiger partial charge in [0.25, 0.3) is 0 Å². The second-order valence-corrected chi connectivity index (χ2v) is 2.93. The van der Waals surface area contributed by atoms with Crippen LogP contribution >= 0.6 is 0 Å². The van der Waals surface area contributed by atoms with E-state index in [4.69, 9.17) is 5.11 Å². The van der Waals surface area contributed by atoms with Crippen molar-refractivity contribution in [2.45, 2.75) is 39.0 Å². The maximum Gasteiger partial charge on any atom is 0.303 e. The molecule has 0 amide bonds. The summed E-state index contributed by atoms with van der Waals surface area (Å²) in [5.41, 5.74) is 0. The van der Waals surface area contributed by atoms with Gasteiger partial charge in [-0.15, -0.1) is 0 Å². The average molecular weight is 182 g/mol. The van der Waals surface area contributed by atoms with E-state index < -0.39 is 5.97 Å². The molecule has 0 aromatic carbocycles. The molecule has 0 aliphatic carbocycles. The molecule has 2 nitrogen and oxygen atoms in total. The highest BCUT2D eigenvalue weighted by atomic mass is 16.4. The second kappa shape index (κ2) is 9.04. The zero-order valence-corrected chi connectivity index (χ0v) is 8.20. The monoisotopic (exact) mass is 182 g/mol. The van der Waals surface area contributed by atoms with Crippen LogP contribution < -0.4 is 0 Å². The molecule has 1 N–H and O–H groups in total. The van der Waals surface area contributed by atoms with E-state index in [-0.39, 0.29) is 6.42 Å². The number of carboxylic acid groups (broad SMARTS) is 1. The summed E-state index contributed by atoms with van der Waals surface area (Å²) in [7, 11) is 0. The van der Waals surface area contributed by atoms with Crippen molar-refractivity contribution in [3.8, 4) is 0 Å². The summed E-state index contributed by atoms with van der Waals surface area (Å²) >= 11 is 0. The molecular weight excluding hydrogens is 164 g/mol. The lowest BCUT2D eigenvalue weighted by Crippen LogP contribution is -1.91. The van der Waals surface area contributed by atoms with E-state index in [9.17, 15) is 4.79 Å². The normalized spacial score (nSPS) is 11.5. The van der Waals surface area contributed by atoms with Crippen LogP contribution in [0, 0.1) is 0 Å². The van der Waals surface area contributed by atoms with Crippen LogP contribution in [0.3, 0.4) is 0 Å². The molecule has 0 atom stereocenters. The van der Waals surface area contributed by atoms with Crippen molar-refractivity contribution < 1.29 is 9.90 Å². The average Bonchev–Trinajstić information content (AvgIpc) is 2.09. The minimum atomic E-state index is -0.736. The first-order valence-electron chi connectivity index (χ1n) is 4.80. The molecule has 0 aromatic heterocycles. The van der Waals surface area contributed by atoms with Gasteiger partial charge in [-0.05, 0) is 12.8 Å². The highest BCUT2D eigenvalue weighted by Gasteiger charge is 1.90. The Hall–Kier alpha value is -1.05. The maximum atomic E-state index is 10.1. The van der Waals surface area contributed by atoms with Gasteiger partial charge in [0.05, 0.1) is 0 Å². The van der Waals surface area contributed by atoms with Crippen LogP contribution in [0.1, 0.15) is 39.0 Å². The van der Waals surface area contributed by atoms with Gasteiger partial charge in [0.2, 0.25) is 0 Å². The molecular formula is C11H18O2. The standard InChI is InChI=1S/C11H18O2/c1-2-3-4-5-6-7-8-9-10-11(12)13/h5-8H,2-4,9-10H2,1H3,(H,12,13)/b6-5+,8-7+. The van der Waals surface area contributed by atoms with Crippen molar-refractivity contribution in [2.75, 3.05) is 0 Å². The minimum absolute atomic E-state index is 0.222. The molecule has 0 saturated carbocycles. The molecule has 0 spiro atoms. The lowest BCUT2D eigenvalue weighted by Gasteiger charge is -1.87. The van der Waals surface area contributed by atoms with Crippen LogP contribution in [-0.2, 0) is 4.79 Å². The Morgan fingerprint density at radius 1 is 1.23 bits per heavy atom. The first-order chi connectivity index (χ1) is 6.27. The second-order valence-electron chi connectivity index (χ2n) is 2.93. The molecule has 0 saturated heterocycles. The number of carbonyl (C=O) groups is 1.